The van der Waals surface area contributed by atoms with Gasteiger partial charge in [0.15, 0.2) is 6.20 Å². The van der Waals surface area contributed by atoms with Gasteiger partial charge in [-0.05, 0) is 17.8 Å². The van der Waals surface area contributed by atoms with Crippen molar-refractivity contribution in [1.29, 1.82) is 0 Å². The van der Waals surface area contributed by atoms with E-state index in [2.05, 4.69) is 10.5 Å². The number of hydrogen-bond acceptors (Lipinski definition) is 5. The number of carbonyl (C=O) groups excluding carboxylic acids is 1. The summed E-state index contributed by atoms with van der Waals surface area (Å²) in [5, 5.41) is 18.5. The second-order valence-electron chi connectivity index (χ2n) is 5.53. The second-order valence-corrected chi connectivity index (χ2v) is 6.52. The molecule has 0 aromatic carbocycles. The van der Waals surface area contributed by atoms with Gasteiger partial charge in [0.25, 0.3) is 5.03 Å². The molecule has 0 fully saturated rings. The maximum atomic E-state index is 11.8. The Morgan fingerprint density at radius 1 is 1.48 bits per heavy atom. The zero-order valence-electron chi connectivity index (χ0n) is 12.1. The van der Waals surface area contributed by atoms with Crippen LogP contribution in [0.2, 0.25) is 0 Å². The van der Waals surface area contributed by atoms with Crippen molar-refractivity contribution in [3.63, 3.8) is 0 Å². The molecule has 7 heteroatoms. The van der Waals surface area contributed by atoms with Crippen LogP contribution in [0.3, 0.4) is 0 Å². The predicted octanol–water partition coefficient (Wildman–Crippen LogP) is 2.34. The monoisotopic (exact) mass is 307 g/mol. The summed E-state index contributed by atoms with van der Waals surface area (Å²) in [6.07, 6.45) is 1.40. The highest BCUT2D eigenvalue weighted by Crippen LogP contribution is 2.23. The molecule has 1 amide bonds. The molecule has 0 spiro atoms. The fourth-order valence-electron chi connectivity index (χ4n) is 1.52. The summed E-state index contributed by atoms with van der Waals surface area (Å²) in [7, 11) is 0. The molecular formula is C14H17N3O3S. The number of thioether (sulfide) groups is 1. The van der Waals surface area contributed by atoms with Gasteiger partial charge in [-0.2, -0.15) is 4.73 Å². The summed E-state index contributed by atoms with van der Waals surface area (Å²) in [6.45, 7) is 6.03. The lowest BCUT2D eigenvalue weighted by molar-refractivity contribution is -0.645. The minimum absolute atomic E-state index is 0.123. The van der Waals surface area contributed by atoms with Gasteiger partial charge in [0.05, 0.1) is 11.4 Å². The SMILES string of the molecule is CC(C)(C)c1cc(NC(=O)CSc2cccc[n+]2[O-])on1. The quantitative estimate of drug-likeness (QED) is 0.532. The minimum atomic E-state index is -0.250. The van der Waals surface area contributed by atoms with E-state index in [-0.39, 0.29) is 17.1 Å². The Kier molecular flexibility index (Phi) is 4.52. The molecule has 2 rings (SSSR count). The molecule has 6 nitrogen and oxygen atoms in total. The van der Waals surface area contributed by atoms with Crippen LogP contribution in [-0.2, 0) is 10.2 Å². The van der Waals surface area contributed by atoms with E-state index in [1.807, 2.05) is 20.8 Å². The summed E-state index contributed by atoms with van der Waals surface area (Å²) < 4.78 is 5.81. The molecule has 0 aliphatic rings. The van der Waals surface area contributed by atoms with E-state index < -0.39 is 0 Å². The van der Waals surface area contributed by atoms with Crippen LogP contribution in [0.1, 0.15) is 26.5 Å². The Morgan fingerprint density at radius 2 is 2.24 bits per heavy atom. The van der Waals surface area contributed by atoms with Gasteiger partial charge in [0.1, 0.15) is 0 Å². The van der Waals surface area contributed by atoms with E-state index in [1.54, 1.807) is 24.3 Å². The van der Waals surface area contributed by atoms with Crippen LogP contribution in [0.5, 0.6) is 0 Å². The van der Waals surface area contributed by atoms with Gasteiger partial charge in [-0.15, -0.1) is 0 Å². The Morgan fingerprint density at radius 3 is 2.86 bits per heavy atom. The number of anilines is 1. The third-order valence-corrected chi connectivity index (χ3v) is 3.70. The largest absolute Gasteiger partial charge is 0.618 e. The first-order valence-electron chi connectivity index (χ1n) is 6.44. The number of pyridine rings is 1. The van der Waals surface area contributed by atoms with Crippen LogP contribution in [0.25, 0.3) is 0 Å². The average molecular weight is 307 g/mol. The number of aromatic nitrogens is 2. The second kappa shape index (κ2) is 6.17. The smallest absolute Gasteiger partial charge is 0.251 e. The zero-order valence-corrected chi connectivity index (χ0v) is 12.9. The van der Waals surface area contributed by atoms with E-state index in [0.29, 0.717) is 10.9 Å². The van der Waals surface area contributed by atoms with Crippen LogP contribution in [0.4, 0.5) is 5.88 Å². The van der Waals surface area contributed by atoms with Gasteiger partial charge >= 0.3 is 0 Å². The lowest BCUT2D eigenvalue weighted by Crippen LogP contribution is -2.28. The Bertz CT molecular complexity index is 634. The molecule has 0 aliphatic heterocycles. The Balaban J connectivity index is 1.90. The first kappa shape index (κ1) is 15.4. The van der Waals surface area contributed by atoms with Gasteiger partial charge in [-0.3, -0.25) is 10.1 Å². The molecule has 2 aromatic heterocycles. The van der Waals surface area contributed by atoms with Gasteiger partial charge in [-0.1, -0.05) is 25.9 Å². The highest BCUT2D eigenvalue weighted by molar-refractivity contribution is 7.99. The van der Waals surface area contributed by atoms with Crippen LogP contribution < -0.4 is 10.0 Å². The molecule has 0 atom stereocenters. The molecular weight excluding hydrogens is 290 g/mol. The molecule has 2 aromatic rings. The van der Waals surface area contributed by atoms with E-state index in [9.17, 15) is 10.0 Å². The fourth-order valence-corrected chi connectivity index (χ4v) is 2.24. The molecule has 0 aliphatic carbocycles. The summed E-state index contributed by atoms with van der Waals surface area (Å²) in [6, 6.07) is 6.76. The van der Waals surface area contributed by atoms with Crippen LogP contribution >= 0.6 is 11.8 Å². The van der Waals surface area contributed by atoms with Crippen molar-refractivity contribution >= 4 is 23.6 Å². The highest BCUT2D eigenvalue weighted by Gasteiger charge is 2.19. The fraction of sp³-hybridized carbons (Fsp3) is 0.357. The molecule has 0 unspecified atom stereocenters. The van der Waals surface area contributed by atoms with Gasteiger partial charge in [0, 0.05) is 23.6 Å². The summed E-state index contributed by atoms with van der Waals surface area (Å²) in [5.74, 6) is 0.187. The van der Waals surface area contributed by atoms with Crippen molar-refractivity contribution in [3.8, 4) is 0 Å². The van der Waals surface area contributed by atoms with E-state index >= 15 is 0 Å². The van der Waals surface area contributed by atoms with Gasteiger partial charge in [0.2, 0.25) is 11.8 Å². The molecule has 21 heavy (non-hydrogen) atoms. The van der Waals surface area contributed by atoms with Crippen molar-refractivity contribution in [1.82, 2.24) is 5.16 Å². The predicted molar refractivity (Wildman–Crippen MR) is 80.0 cm³/mol. The zero-order chi connectivity index (χ0) is 15.5. The van der Waals surface area contributed by atoms with Crippen LogP contribution in [-0.4, -0.2) is 16.8 Å². The molecule has 0 saturated carbocycles. The highest BCUT2D eigenvalue weighted by atomic mass is 32.2. The maximum Gasteiger partial charge on any atom is 0.251 e. The topological polar surface area (TPSA) is 82.1 Å². The molecule has 0 saturated heterocycles. The number of carbonyl (C=O) groups is 1. The van der Waals surface area contributed by atoms with E-state index in [0.717, 1.165) is 22.2 Å². The number of hydrogen-bond donors (Lipinski definition) is 1. The first-order chi connectivity index (χ1) is 9.86. The van der Waals surface area contributed by atoms with E-state index in [4.69, 9.17) is 4.52 Å². The lowest BCUT2D eigenvalue weighted by Gasteiger charge is -2.12. The van der Waals surface area contributed by atoms with Crippen LogP contribution in [0.15, 0.2) is 40.0 Å². The summed E-state index contributed by atoms with van der Waals surface area (Å²) >= 11 is 1.16. The molecule has 112 valence electrons. The Labute approximate surface area is 127 Å². The van der Waals surface area contributed by atoms with Crippen LogP contribution in [0, 0.1) is 5.21 Å². The van der Waals surface area contributed by atoms with Crippen molar-refractivity contribution in [2.45, 2.75) is 31.2 Å². The molecule has 0 radical (unpaired) electrons. The third-order valence-electron chi connectivity index (χ3n) is 2.68. The van der Waals surface area contributed by atoms with E-state index in [1.165, 1.54) is 6.20 Å². The first-order valence-corrected chi connectivity index (χ1v) is 7.43. The van der Waals surface area contributed by atoms with Crippen molar-refractivity contribution in [3.05, 3.63) is 41.4 Å². The third kappa shape index (κ3) is 4.22. The summed E-state index contributed by atoms with van der Waals surface area (Å²) in [4.78, 5) is 11.8. The standard InChI is InChI=1S/C14H17N3O3S/c1-14(2,3)10-8-12(20-16-10)15-11(18)9-21-13-6-4-5-7-17(13)19/h4-8H,9H2,1-3H3,(H,15,18). The van der Waals surface area contributed by atoms with Gasteiger partial charge in [-0.25, -0.2) is 0 Å². The number of amides is 1. The molecule has 2 heterocycles. The number of nitrogens with one attached hydrogen (secondary N) is 1. The van der Waals surface area contributed by atoms with Crippen molar-refractivity contribution in [2.75, 3.05) is 11.1 Å². The number of rotatable bonds is 4. The van der Waals surface area contributed by atoms with Gasteiger partial charge < -0.3 is 9.73 Å². The maximum absolute atomic E-state index is 11.8. The van der Waals surface area contributed by atoms with Crippen molar-refractivity contribution < 1.29 is 14.0 Å². The average Bonchev–Trinajstić information content (AvgIpc) is 2.86. The molecule has 0 bridgehead atoms. The normalized spacial score (nSPS) is 11.4. The summed E-state index contributed by atoms with van der Waals surface area (Å²) in [5.41, 5.74) is 0.630. The molecule has 1 N–H and O–H groups in total. The lowest BCUT2D eigenvalue weighted by atomic mass is 9.92. The number of nitrogens with zero attached hydrogens (tertiary/aromatic N) is 2. The minimum Gasteiger partial charge on any atom is -0.618 e. The Hall–Kier alpha value is -2.02. The van der Waals surface area contributed by atoms with Crippen molar-refractivity contribution in [2.24, 2.45) is 0 Å².